The van der Waals surface area contributed by atoms with Crippen LogP contribution in [0.1, 0.15) is 13.8 Å². The number of carbonyl (C=O) groups excluding carboxylic acids is 2. The maximum absolute atomic E-state index is 10.9. The molecular weight excluding hydrogens is 240 g/mol. The van der Waals surface area contributed by atoms with Gasteiger partial charge in [0.1, 0.15) is 0 Å². The second-order valence-corrected chi connectivity index (χ2v) is 2.39. The van der Waals surface area contributed by atoms with Gasteiger partial charge in [0.25, 0.3) is 0 Å². The fourth-order valence-electron chi connectivity index (χ4n) is 0.713. The molecule has 82 valence electrons. The van der Waals surface area contributed by atoms with Gasteiger partial charge in [-0.05, 0) is 13.8 Å². The number of hydrogen-bond donors (Lipinski definition) is 2. The molecular formula is C8H14O6Ti+4. The summed E-state index contributed by atoms with van der Waals surface area (Å²) in [4.78, 5) is 21.7. The normalized spacial score (nSPS) is 13.3. The molecule has 0 saturated carbocycles. The average Bonchev–Trinajstić information content (AvgIpc) is 2.16. The summed E-state index contributed by atoms with van der Waals surface area (Å²) in [5.74, 6) is -2.10. The Morgan fingerprint density at radius 1 is 1.00 bits per heavy atom. The monoisotopic (exact) mass is 254 g/mol. The van der Waals surface area contributed by atoms with Crippen LogP contribution in [0, 0.1) is 0 Å². The zero-order chi connectivity index (χ0) is 11.1. The summed E-state index contributed by atoms with van der Waals surface area (Å²) in [5.41, 5.74) is 0. The number of carbonyl (C=O) groups is 2. The molecule has 0 radical (unpaired) electrons. The van der Waals surface area contributed by atoms with E-state index in [1.807, 2.05) is 0 Å². The molecule has 0 spiro atoms. The summed E-state index contributed by atoms with van der Waals surface area (Å²) in [6.07, 6.45) is -3.79. The quantitative estimate of drug-likeness (QED) is 0.474. The molecule has 7 heteroatoms. The maximum Gasteiger partial charge on any atom is 4.00 e. The van der Waals surface area contributed by atoms with Gasteiger partial charge in [-0.25, -0.2) is 9.59 Å². The van der Waals surface area contributed by atoms with Crippen molar-refractivity contribution in [1.82, 2.24) is 0 Å². The van der Waals surface area contributed by atoms with Crippen LogP contribution < -0.4 is 0 Å². The van der Waals surface area contributed by atoms with E-state index in [1.165, 1.54) is 0 Å². The predicted octanol–water partition coefficient (Wildman–Crippen LogP) is -1.17. The van der Waals surface area contributed by atoms with Crippen molar-refractivity contribution >= 4 is 11.9 Å². The predicted molar refractivity (Wildman–Crippen MR) is 45.3 cm³/mol. The van der Waals surface area contributed by atoms with E-state index in [4.69, 9.17) is 10.2 Å². The number of rotatable bonds is 5. The van der Waals surface area contributed by atoms with Crippen molar-refractivity contribution < 1.29 is 51.0 Å². The Labute approximate surface area is 102 Å². The number of esters is 2. The number of ether oxygens (including phenoxy) is 2. The van der Waals surface area contributed by atoms with Gasteiger partial charge >= 0.3 is 33.7 Å². The van der Waals surface area contributed by atoms with Gasteiger partial charge in [-0.1, -0.05) is 0 Å². The minimum Gasteiger partial charge on any atom is -0.464 e. The van der Waals surface area contributed by atoms with Crippen molar-refractivity contribution in [3.63, 3.8) is 0 Å². The molecule has 0 aromatic rings. The molecule has 2 N–H and O–H groups in total. The molecule has 0 fully saturated rings. The minimum absolute atomic E-state index is 0. The first kappa shape index (κ1) is 17.0. The zero-order valence-electron chi connectivity index (χ0n) is 8.60. The molecule has 15 heavy (non-hydrogen) atoms. The van der Waals surface area contributed by atoms with Crippen LogP contribution >= 0.6 is 0 Å². The van der Waals surface area contributed by atoms with Crippen LogP contribution in [-0.2, 0) is 40.8 Å². The third-order valence-corrected chi connectivity index (χ3v) is 1.36. The summed E-state index contributed by atoms with van der Waals surface area (Å²) < 4.78 is 8.79. The van der Waals surface area contributed by atoms with E-state index in [0.29, 0.717) is 0 Å². The summed E-state index contributed by atoms with van der Waals surface area (Å²) >= 11 is 0. The van der Waals surface area contributed by atoms with Crippen molar-refractivity contribution in [2.24, 2.45) is 0 Å². The minimum atomic E-state index is -1.89. The van der Waals surface area contributed by atoms with Crippen molar-refractivity contribution in [3.05, 3.63) is 0 Å². The molecule has 0 saturated heterocycles. The molecule has 2 atom stereocenters. The molecule has 0 aromatic heterocycles. The summed E-state index contributed by atoms with van der Waals surface area (Å²) in [5, 5.41) is 18.2. The Balaban J connectivity index is 0. The number of hydrogen-bond acceptors (Lipinski definition) is 6. The van der Waals surface area contributed by atoms with Gasteiger partial charge in [-0.2, -0.15) is 0 Å². The molecule has 6 nitrogen and oxygen atoms in total. The van der Waals surface area contributed by atoms with Crippen molar-refractivity contribution in [3.8, 4) is 0 Å². The molecule has 0 amide bonds. The van der Waals surface area contributed by atoms with Crippen molar-refractivity contribution in [2.75, 3.05) is 13.2 Å². The fraction of sp³-hybridized carbons (Fsp3) is 0.750. The van der Waals surface area contributed by atoms with E-state index in [-0.39, 0.29) is 34.9 Å². The molecule has 0 aliphatic rings. The van der Waals surface area contributed by atoms with E-state index in [1.54, 1.807) is 13.8 Å². The van der Waals surface area contributed by atoms with E-state index in [9.17, 15) is 9.59 Å². The van der Waals surface area contributed by atoms with E-state index < -0.39 is 24.1 Å². The van der Waals surface area contributed by atoms with E-state index >= 15 is 0 Å². The van der Waals surface area contributed by atoms with Gasteiger partial charge in [0, 0.05) is 0 Å². The van der Waals surface area contributed by atoms with Crippen LogP contribution in [0.25, 0.3) is 0 Å². The molecule has 0 bridgehead atoms. The van der Waals surface area contributed by atoms with Crippen molar-refractivity contribution in [1.29, 1.82) is 0 Å². The Morgan fingerprint density at radius 3 is 1.47 bits per heavy atom. The summed E-state index contributed by atoms with van der Waals surface area (Å²) in [6.45, 7) is 3.21. The Hall–Kier alpha value is -0.426. The Kier molecular flexibility index (Phi) is 10.0. The molecule has 2 unspecified atom stereocenters. The van der Waals surface area contributed by atoms with Crippen LogP contribution in [0.15, 0.2) is 0 Å². The van der Waals surface area contributed by atoms with Crippen LogP contribution in [0.4, 0.5) is 0 Å². The van der Waals surface area contributed by atoms with Crippen molar-refractivity contribution in [2.45, 2.75) is 26.1 Å². The first-order valence-electron chi connectivity index (χ1n) is 4.24. The van der Waals surface area contributed by atoms with Gasteiger partial charge in [-0.15, -0.1) is 0 Å². The smallest absolute Gasteiger partial charge is 0.464 e. The topological polar surface area (TPSA) is 93.1 Å². The third-order valence-electron chi connectivity index (χ3n) is 1.36. The van der Waals surface area contributed by atoms with E-state index in [2.05, 4.69) is 9.47 Å². The average molecular weight is 254 g/mol. The number of aliphatic hydroxyl groups excluding tert-OH is 2. The summed E-state index contributed by atoms with van der Waals surface area (Å²) in [6, 6.07) is 0. The number of aliphatic hydroxyl groups is 2. The second-order valence-electron chi connectivity index (χ2n) is 2.39. The third kappa shape index (κ3) is 5.89. The van der Waals surface area contributed by atoms with Crippen LogP contribution in [0.3, 0.4) is 0 Å². The van der Waals surface area contributed by atoms with Crippen LogP contribution in [0.5, 0.6) is 0 Å². The first-order chi connectivity index (χ1) is 6.54. The Bertz CT molecular complexity index is 185. The maximum atomic E-state index is 10.9. The second kappa shape index (κ2) is 8.85. The standard InChI is InChI=1S/C8H14O6.Ti/c1-3-13-7(11)5(9)6(10)8(12)14-4-2;/h5-6,9-10H,3-4H2,1-2H3;/q;+4. The van der Waals surface area contributed by atoms with Crippen LogP contribution in [0.2, 0.25) is 0 Å². The molecule has 0 aromatic carbocycles. The van der Waals surface area contributed by atoms with Gasteiger partial charge in [0.2, 0.25) is 0 Å². The first-order valence-corrected chi connectivity index (χ1v) is 4.24. The molecule has 0 aliphatic heterocycles. The zero-order valence-corrected chi connectivity index (χ0v) is 10.2. The Morgan fingerprint density at radius 2 is 1.27 bits per heavy atom. The molecule has 0 rings (SSSR count). The SMILES string of the molecule is CCOC(=O)C(O)C(O)C(=O)OCC.[Ti+4]. The molecule has 0 heterocycles. The van der Waals surface area contributed by atoms with E-state index in [0.717, 1.165) is 0 Å². The van der Waals surface area contributed by atoms with Gasteiger partial charge in [0.05, 0.1) is 13.2 Å². The summed E-state index contributed by atoms with van der Waals surface area (Å²) in [7, 11) is 0. The van der Waals surface area contributed by atoms with Gasteiger partial charge in [-0.3, -0.25) is 0 Å². The molecule has 0 aliphatic carbocycles. The fourth-order valence-corrected chi connectivity index (χ4v) is 0.713. The van der Waals surface area contributed by atoms with Crippen LogP contribution in [-0.4, -0.2) is 47.6 Å². The largest absolute Gasteiger partial charge is 4.00 e. The van der Waals surface area contributed by atoms with Gasteiger partial charge in [0.15, 0.2) is 12.2 Å². The van der Waals surface area contributed by atoms with Gasteiger partial charge < -0.3 is 19.7 Å².